The summed E-state index contributed by atoms with van der Waals surface area (Å²) < 4.78 is 50.2. The summed E-state index contributed by atoms with van der Waals surface area (Å²) >= 11 is 1.97. The number of alkyl halides is 2. The third kappa shape index (κ3) is 3.54. The number of anilines is 1. The number of amidine groups is 1. The van der Waals surface area contributed by atoms with E-state index in [4.69, 9.17) is 5.73 Å². The van der Waals surface area contributed by atoms with Crippen molar-refractivity contribution in [3.8, 4) is 0 Å². The van der Waals surface area contributed by atoms with E-state index in [1.807, 2.05) is 29.5 Å². The summed E-state index contributed by atoms with van der Waals surface area (Å²) in [5.41, 5.74) is 3.05. The summed E-state index contributed by atoms with van der Waals surface area (Å²) in [6.07, 6.45) is 1.70. The molecule has 1 aromatic heterocycles. The van der Waals surface area contributed by atoms with E-state index >= 15 is 0 Å². The maximum Gasteiger partial charge on any atom is 0.310 e. The van der Waals surface area contributed by atoms with Crippen LogP contribution in [0.1, 0.15) is 29.9 Å². The van der Waals surface area contributed by atoms with Crippen molar-refractivity contribution >= 4 is 40.2 Å². The highest BCUT2D eigenvalue weighted by Gasteiger charge is 2.56. The van der Waals surface area contributed by atoms with Gasteiger partial charge in [-0.2, -0.15) is 13.9 Å². The average Bonchev–Trinajstić information content (AvgIpc) is 3.01. The number of hydrogen-bond acceptors (Lipinski definition) is 5. The van der Waals surface area contributed by atoms with E-state index < -0.39 is 41.4 Å². The van der Waals surface area contributed by atoms with Crippen LogP contribution in [0.2, 0.25) is 0 Å². The van der Waals surface area contributed by atoms with Gasteiger partial charge in [-0.05, 0) is 54.6 Å². The Morgan fingerprint density at radius 1 is 1.46 bits per heavy atom. The van der Waals surface area contributed by atoms with Crippen LogP contribution in [0.5, 0.6) is 0 Å². The first-order valence-corrected chi connectivity index (χ1v) is 9.35. The average molecular weight is 507 g/mol. The first kappa shape index (κ1) is 20.4. The first-order valence-electron chi connectivity index (χ1n) is 8.27. The molecule has 3 N–H and O–H groups in total. The summed E-state index contributed by atoms with van der Waals surface area (Å²) in [6.45, 7) is 2.50. The maximum atomic E-state index is 14.5. The van der Waals surface area contributed by atoms with Crippen LogP contribution in [-0.2, 0) is 16.8 Å². The minimum absolute atomic E-state index is 0.125. The molecule has 1 aliphatic rings. The van der Waals surface area contributed by atoms with Crippen molar-refractivity contribution in [1.82, 2.24) is 9.78 Å². The molecule has 1 aliphatic heterocycles. The van der Waals surface area contributed by atoms with E-state index in [2.05, 4.69) is 20.1 Å². The molecule has 1 amide bonds. The highest BCUT2D eigenvalue weighted by atomic mass is 127. The number of aliphatic imine (C=N–C) groups is 1. The number of carbonyl (C=O) groups is 1. The highest BCUT2D eigenvalue weighted by molar-refractivity contribution is 14.1. The Balaban J connectivity index is 1.97. The Hall–Kier alpha value is -2.31. The Kier molecular flexibility index (Phi) is 5.30. The number of aromatic nitrogens is 2. The molecule has 0 unspecified atom stereocenters. The molecule has 1 atom stereocenters. The summed E-state index contributed by atoms with van der Waals surface area (Å²) in [7, 11) is 0. The molecule has 28 heavy (non-hydrogen) atoms. The molecule has 0 aliphatic carbocycles. The van der Waals surface area contributed by atoms with Crippen molar-refractivity contribution in [1.29, 1.82) is 0 Å². The van der Waals surface area contributed by atoms with Gasteiger partial charge in [0.05, 0.1) is 3.57 Å². The quantitative estimate of drug-likeness (QED) is 0.623. The van der Waals surface area contributed by atoms with E-state index in [0.717, 1.165) is 19.1 Å². The van der Waals surface area contributed by atoms with Crippen LogP contribution in [0.15, 0.2) is 29.4 Å². The minimum atomic E-state index is -3.51. The second kappa shape index (κ2) is 7.26. The Morgan fingerprint density at radius 3 is 2.82 bits per heavy atom. The zero-order valence-electron chi connectivity index (χ0n) is 15.0. The van der Waals surface area contributed by atoms with Crippen LogP contribution in [0.4, 0.5) is 18.9 Å². The molecule has 0 fully saturated rings. The van der Waals surface area contributed by atoms with Crippen LogP contribution < -0.4 is 11.1 Å². The van der Waals surface area contributed by atoms with Gasteiger partial charge in [-0.3, -0.25) is 9.48 Å². The fraction of sp³-hybridized carbons (Fsp3) is 0.353. The van der Waals surface area contributed by atoms with Crippen molar-refractivity contribution in [3.63, 3.8) is 0 Å². The molecule has 0 spiro atoms. The van der Waals surface area contributed by atoms with E-state index in [1.165, 1.54) is 6.07 Å². The summed E-state index contributed by atoms with van der Waals surface area (Å²) in [6, 6.07) is 2.92. The largest absolute Gasteiger partial charge is 0.459 e. The number of aryl methyl sites for hydroxylation is 1. The molecule has 2 aromatic rings. The van der Waals surface area contributed by atoms with Crippen LogP contribution >= 0.6 is 22.6 Å². The van der Waals surface area contributed by atoms with Crippen molar-refractivity contribution in [3.05, 3.63) is 45.0 Å². The van der Waals surface area contributed by atoms with Crippen LogP contribution in [0, 0.1) is 9.39 Å². The lowest BCUT2D eigenvalue weighted by Gasteiger charge is -2.37. The van der Waals surface area contributed by atoms with Crippen molar-refractivity contribution in [2.45, 2.75) is 31.9 Å². The molecule has 0 bridgehead atoms. The number of nitrogens with two attached hydrogens (primary N) is 1. The number of nitrogens with one attached hydrogen (secondary N) is 1. The number of carbonyl (C=O) groups excluding carboxylic acids is 1. The molecule has 2 heterocycles. The van der Waals surface area contributed by atoms with Gasteiger partial charge in [0.1, 0.15) is 5.82 Å². The third-order valence-electron chi connectivity index (χ3n) is 4.45. The molecule has 7 nitrogen and oxygen atoms in total. The summed E-state index contributed by atoms with van der Waals surface area (Å²) in [4.78, 5) is 16.2. The Morgan fingerprint density at radius 2 is 2.18 bits per heavy atom. The molecule has 11 heteroatoms. The van der Waals surface area contributed by atoms with E-state index in [0.29, 0.717) is 10.1 Å². The number of hydrogen-bond donors (Lipinski definition) is 2. The highest BCUT2D eigenvalue weighted by Crippen LogP contribution is 2.44. The smallest absolute Gasteiger partial charge is 0.310 e. The molecular weight excluding hydrogens is 490 g/mol. The number of rotatable bonds is 4. The van der Waals surface area contributed by atoms with E-state index in [-0.39, 0.29) is 11.4 Å². The first-order chi connectivity index (χ1) is 13.1. The standard InChI is InChI=1S/C17H17F3IN5O2/c1-3-26-7-12(21)13(25-26)14(27)23-9-4-5-11(18)10(6-9)16(2)17(19,20)8-28-15(22)24-16/h4-7H,3,8H2,1-2H3,(H2,22,24)(H,23,27)/t16-/m1/s1. The normalized spacial score (nSPS) is 21.0. The Labute approximate surface area is 172 Å². The van der Waals surface area contributed by atoms with E-state index in [1.54, 1.807) is 10.9 Å². The van der Waals surface area contributed by atoms with Gasteiger partial charge in [0.2, 0.25) is 0 Å². The minimum Gasteiger partial charge on any atom is -0.459 e. The summed E-state index contributed by atoms with van der Waals surface area (Å²) in [5.74, 6) is -4.95. The predicted molar refractivity (Wildman–Crippen MR) is 105 cm³/mol. The van der Waals surface area contributed by atoms with Gasteiger partial charge < -0.3 is 15.8 Å². The van der Waals surface area contributed by atoms with Crippen molar-refractivity contribution in [2.75, 3.05) is 11.9 Å². The third-order valence-corrected chi connectivity index (χ3v) is 5.24. The second-order valence-corrected chi connectivity index (χ2v) is 7.51. The fourth-order valence-corrected chi connectivity index (χ4v) is 3.45. The number of benzene rings is 1. The van der Waals surface area contributed by atoms with Gasteiger partial charge in [0.15, 0.2) is 17.8 Å². The molecule has 1 aromatic carbocycles. The Bertz CT molecular complexity index is 962. The molecular formula is C17H17F3IN5O2. The van der Waals surface area contributed by atoms with Crippen LogP contribution in [-0.4, -0.2) is 34.2 Å². The van der Waals surface area contributed by atoms with Gasteiger partial charge in [0.25, 0.3) is 11.9 Å². The van der Waals surface area contributed by atoms with Gasteiger partial charge in [0, 0.05) is 24.0 Å². The topological polar surface area (TPSA) is 94.5 Å². The molecule has 0 saturated heterocycles. The summed E-state index contributed by atoms with van der Waals surface area (Å²) in [5, 5.41) is 6.71. The second-order valence-electron chi connectivity index (χ2n) is 6.35. The van der Waals surface area contributed by atoms with E-state index in [9.17, 15) is 18.0 Å². The van der Waals surface area contributed by atoms with Gasteiger partial charge in [-0.15, -0.1) is 0 Å². The number of halogens is 4. The maximum absolute atomic E-state index is 14.5. The van der Waals surface area contributed by atoms with Crippen molar-refractivity contribution < 1.29 is 22.7 Å². The predicted octanol–water partition coefficient (Wildman–Crippen LogP) is 3.09. The molecule has 0 radical (unpaired) electrons. The van der Waals surface area contributed by atoms with Crippen molar-refractivity contribution in [2.24, 2.45) is 10.7 Å². The van der Waals surface area contributed by atoms with Crippen LogP contribution in [0.3, 0.4) is 0 Å². The monoisotopic (exact) mass is 507 g/mol. The lowest BCUT2D eigenvalue weighted by molar-refractivity contribution is -0.117. The molecule has 0 saturated carbocycles. The zero-order valence-corrected chi connectivity index (χ0v) is 17.1. The fourth-order valence-electron chi connectivity index (χ4n) is 2.78. The zero-order chi connectivity index (χ0) is 20.7. The lowest BCUT2D eigenvalue weighted by atomic mass is 9.85. The molecule has 3 rings (SSSR count). The van der Waals surface area contributed by atoms with Gasteiger partial charge in [-0.1, -0.05) is 0 Å². The van der Waals surface area contributed by atoms with Crippen LogP contribution in [0.25, 0.3) is 0 Å². The van der Waals surface area contributed by atoms with Gasteiger partial charge >= 0.3 is 5.92 Å². The van der Waals surface area contributed by atoms with Gasteiger partial charge in [-0.25, -0.2) is 9.38 Å². The number of nitrogens with zero attached hydrogens (tertiary/aromatic N) is 3. The number of ether oxygens (including phenoxy) is 1. The lowest BCUT2D eigenvalue weighted by Crippen LogP contribution is -2.51. The SMILES string of the molecule is CCn1cc(I)c(C(=O)Nc2ccc(F)c([C@@]3(C)N=C(N)OCC3(F)F)c2)n1. The number of amides is 1. The molecule has 150 valence electrons.